The summed E-state index contributed by atoms with van der Waals surface area (Å²) in [7, 11) is 4.37. The molecule has 0 aromatic heterocycles. The molecule has 1 aromatic rings. The molecule has 1 saturated heterocycles. The van der Waals surface area contributed by atoms with Crippen LogP contribution in [0.3, 0.4) is 0 Å². The highest BCUT2D eigenvalue weighted by molar-refractivity contribution is 5.62. The first-order valence-electron chi connectivity index (χ1n) is 7.44. The molecular formula is C16H25N3. The summed E-state index contributed by atoms with van der Waals surface area (Å²) in [5.41, 5.74) is 4.23. The summed E-state index contributed by atoms with van der Waals surface area (Å²) in [5.74, 6) is 0. The highest BCUT2D eigenvalue weighted by Gasteiger charge is 2.25. The van der Waals surface area contributed by atoms with Crippen LogP contribution < -0.4 is 10.2 Å². The Morgan fingerprint density at radius 3 is 2.84 bits per heavy atom. The Labute approximate surface area is 116 Å². The van der Waals surface area contributed by atoms with Gasteiger partial charge in [-0.3, -0.25) is 0 Å². The second kappa shape index (κ2) is 5.04. The van der Waals surface area contributed by atoms with Gasteiger partial charge in [-0.2, -0.15) is 0 Å². The van der Waals surface area contributed by atoms with Crippen LogP contribution in [-0.2, 0) is 6.42 Å². The number of benzene rings is 1. The van der Waals surface area contributed by atoms with Crippen LogP contribution in [0.2, 0.25) is 0 Å². The van der Waals surface area contributed by atoms with Crippen LogP contribution in [0.1, 0.15) is 25.3 Å². The van der Waals surface area contributed by atoms with Gasteiger partial charge in [-0.05, 0) is 64.0 Å². The Balaban J connectivity index is 1.76. The lowest BCUT2D eigenvalue weighted by Crippen LogP contribution is -2.31. The Morgan fingerprint density at radius 2 is 2.11 bits per heavy atom. The zero-order valence-corrected chi connectivity index (χ0v) is 12.3. The fraction of sp³-hybridized carbons (Fsp3) is 0.625. The maximum absolute atomic E-state index is 3.58. The van der Waals surface area contributed by atoms with Crippen LogP contribution >= 0.6 is 0 Å². The molecule has 3 nitrogen and oxygen atoms in total. The topological polar surface area (TPSA) is 18.5 Å². The first-order chi connectivity index (χ1) is 9.13. The van der Waals surface area contributed by atoms with E-state index in [-0.39, 0.29) is 0 Å². The van der Waals surface area contributed by atoms with Gasteiger partial charge in [-0.1, -0.05) is 0 Å². The van der Waals surface area contributed by atoms with Crippen LogP contribution in [0.25, 0.3) is 0 Å². The standard InChI is InChI=1S/C16H25N3/c1-12-4-5-13-10-14(6-7-16(13)17-12)19-9-8-15(11-19)18(2)3/h6-7,10,12,15,17H,4-5,8-9,11H2,1-3H3. The second-order valence-electron chi connectivity index (χ2n) is 6.28. The number of anilines is 2. The average molecular weight is 259 g/mol. The summed E-state index contributed by atoms with van der Waals surface area (Å²) in [4.78, 5) is 4.88. The van der Waals surface area contributed by atoms with E-state index in [4.69, 9.17) is 0 Å². The van der Waals surface area contributed by atoms with Crippen LogP contribution in [0.15, 0.2) is 18.2 Å². The quantitative estimate of drug-likeness (QED) is 0.880. The van der Waals surface area contributed by atoms with E-state index in [9.17, 15) is 0 Å². The SMILES string of the molecule is CC1CCc2cc(N3CCC(N(C)C)C3)ccc2N1. The molecule has 2 aliphatic heterocycles. The van der Waals surface area contributed by atoms with Crippen molar-refractivity contribution < 1.29 is 0 Å². The van der Waals surface area contributed by atoms with Gasteiger partial charge in [0.2, 0.25) is 0 Å². The minimum Gasteiger partial charge on any atom is -0.382 e. The first-order valence-corrected chi connectivity index (χ1v) is 7.44. The average Bonchev–Trinajstić information content (AvgIpc) is 2.88. The monoisotopic (exact) mass is 259 g/mol. The lowest BCUT2D eigenvalue weighted by atomic mass is 9.98. The van der Waals surface area contributed by atoms with E-state index in [1.807, 2.05) is 0 Å². The van der Waals surface area contributed by atoms with E-state index < -0.39 is 0 Å². The van der Waals surface area contributed by atoms with Gasteiger partial charge in [-0.25, -0.2) is 0 Å². The van der Waals surface area contributed by atoms with Gasteiger partial charge in [0.25, 0.3) is 0 Å². The lowest BCUT2D eigenvalue weighted by molar-refractivity contribution is 0.315. The van der Waals surface area contributed by atoms with Gasteiger partial charge in [-0.15, -0.1) is 0 Å². The van der Waals surface area contributed by atoms with E-state index >= 15 is 0 Å². The van der Waals surface area contributed by atoms with Crippen LogP contribution in [0.5, 0.6) is 0 Å². The zero-order chi connectivity index (χ0) is 13.4. The maximum atomic E-state index is 3.58. The third kappa shape index (κ3) is 2.57. The van der Waals surface area contributed by atoms with Crippen molar-refractivity contribution in [3.63, 3.8) is 0 Å². The number of fused-ring (bicyclic) bond motifs is 1. The molecular weight excluding hydrogens is 234 g/mol. The molecule has 2 aliphatic rings. The summed E-state index contributed by atoms with van der Waals surface area (Å²) in [6, 6.07) is 8.26. The molecule has 0 radical (unpaired) electrons. The predicted molar refractivity (Wildman–Crippen MR) is 82.2 cm³/mol. The van der Waals surface area contributed by atoms with Crippen molar-refractivity contribution >= 4 is 11.4 Å². The number of nitrogens with zero attached hydrogens (tertiary/aromatic N) is 2. The number of hydrogen-bond donors (Lipinski definition) is 1. The number of aryl methyl sites for hydroxylation is 1. The third-order valence-electron chi connectivity index (χ3n) is 4.60. The molecule has 19 heavy (non-hydrogen) atoms. The maximum Gasteiger partial charge on any atom is 0.0376 e. The van der Waals surface area contributed by atoms with Gasteiger partial charge in [0.1, 0.15) is 0 Å². The number of nitrogens with one attached hydrogen (secondary N) is 1. The third-order valence-corrected chi connectivity index (χ3v) is 4.60. The van der Waals surface area contributed by atoms with Crippen molar-refractivity contribution in [1.29, 1.82) is 0 Å². The lowest BCUT2D eigenvalue weighted by Gasteiger charge is -2.27. The molecule has 0 amide bonds. The summed E-state index contributed by atoms with van der Waals surface area (Å²) in [6.45, 7) is 4.61. The molecule has 3 rings (SSSR count). The van der Waals surface area contributed by atoms with Crippen LogP contribution in [0, 0.1) is 0 Å². The van der Waals surface area contributed by atoms with Crippen LogP contribution in [-0.4, -0.2) is 44.2 Å². The molecule has 1 N–H and O–H groups in total. The van der Waals surface area contributed by atoms with Crippen molar-refractivity contribution in [2.75, 3.05) is 37.4 Å². The van der Waals surface area contributed by atoms with Gasteiger partial charge in [0, 0.05) is 36.5 Å². The Bertz CT molecular complexity index is 455. The van der Waals surface area contributed by atoms with Gasteiger partial charge in [0.05, 0.1) is 0 Å². The molecule has 0 saturated carbocycles. The van der Waals surface area contributed by atoms with E-state index in [2.05, 4.69) is 54.3 Å². The minimum atomic E-state index is 0.614. The van der Waals surface area contributed by atoms with E-state index in [0.29, 0.717) is 12.1 Å². The fourth-order valence-electron chi connectivity index (χ4n) is 3.23. The highest BCUT2D eigenvalue weighted by Crippen LogP contribution is 2.30. The Kier molecular flexibility index (Phi) is 3.40. The molecule has 1 fully saturated rings. The van der Waals surface area contributed by atoms with E-state index in [1.165, 1.54) is 42.7 Å². The number of hydrogen-bond acceptors (Lipinski definition) is 3. The first kappa shape index (κ1) is 12.8. The van der Waals surface area contributed by atoms with E-state index in [1.54, 1.807) is 0 Å². The van der Waals surface area contributed by atoms with Gasteiger partial charge < -0.3 is 15.1 Å². The smallest absolute Gasteiger partial charge is 0.0376 e. The summed E-state index contributed by atoms with van der Waals surface area (Å²) in [6.07, 6.45) is 3.73. The fourth-order valence-corrected chi connectivity index (χ4v) is 3.23. The second-order valence-corrected chi connectivity index (χ2v) is 6.28. The largest absolute Gasteiger partial charge is 0.382 e. The number of likely N-dealkylation sites (N-methyl/N-ethyl adjacent to an activating group) is 1. The molecule has 0 spiro atoms. The zero-order valence-electron chi connectivity index (χ0n) is 12.3. The number of rotatable bonds is 2. The molecule has 104 valence electrons. The van der Waals surface area contributed by atoms with Crippen LogP contribution in [0.4, 0.5) is 11.4 Å². The highest BCUT2D eigenvalue weighted by atomic mass is 15.2. The molecule has 2 unspecified atom stereocenters. The summed E-state index contributed by atoms with van der Waals surface area (Å²) >= 11 is 0. The molecule has 2 heterocycles. The van der Waals surface area contributed by atoms with Crippen molar-refractivity contribution in [2.45, 2.75) is 38.3 Å². The Morgan fingerprint density at radius 1 is 1.26 bits per heavy atom. The Hall–Kier alpha value is -1.22. The normalized spacial score (nSPS) is 26.4. The molecule has 3 heteroatoms. The minimum absolute atomic E-state index is 0.614. The molecule has 0 aliphatic carbocycles. The summed E-state index contributed by atoms with van der Waals surface area (Å²) < 4.78 is 0. The van der Waals surface area contributed by atoms with Crippen molar-refractivity contribution in [2.24, 2.45) is 0 Å². The van der Waals surface area contributed by atoms with Gasteiger partial charge >= 0.3 is 0 Å². The van der Waals surface area contributed by atoms with Crippen molar-refractivity contribution in [1.82, 2.24) is 4.90 Å². The molecule has 2 atom stereocenters. The van der Waals surface area contributed by atoms with Gasteiger partial charge in [0.15, 0.2) is 0 Å². The van der Waals surface area contributed by atoms with E-state index in [0.717, 1.165) is 6.54 Å². The summed E-state index contributed by atoms with van der Waals surface area (Å²) in [5, 5.41) is 3.58. The van der Waals surface area contributed by atoms with Crippen molar-refractivity contribution in [3.8, 4) is 0 Å². The molecule has 0 bridgehead atoms. The van der Waals surface area contributed by atoms with Crippen molar-refractivity contribution in [3.05, 3.63) is 23.8 Å². The predicted octanol–water partition coefficient (Wildman–Crippen LogP) is 2.57. The molecule has 1 aromatic carbocycles.